The zero-order valence-corrected chi connectivity index (χ0v) is 22.7. The summed E-state index contributed by atoms with van der Waals surface area (Å²) in [6.45, 7) is 7.67. The summed E-state index contributed by atoms with van der Waals surface area (Å²) >= 11 is 1.33. The molecule has 3 amide bonds. The molecule has 0 spiro atoms. The smallest absolute Gasteiger partial charge is 0.410 e. The number of nitrogens with zero attached hydrogens (tertiary/aromatic N) is 1. The van der Waals surface area contributed by atoms with Crippen molar-refractivity contribution in [3.05, 3.63) is 57.8 Å². The molecule has 2 aromatic rings. The molecule has 0 unspecified atom stereocenters. The quantitative estimate of drug-likeness (QED) is 0.308. The van der Waals surface area contributed by atoms with Gasteiger partial charge in [-0.15, -0.1) is 11.3 Å². The van der Waals surface area contributed by atoms with E-state index in [1.807, 2.05) is 18.2 Å². The highest BCUT2D eigenvalue weighted by atomic mass is 32.1. The fraction of sp³-hybridized carbons (Fsp3) is 0.481. The maximum absolute atomic E-state index is 13.4. The van der Waals surface area contributed by atoms with Crippen LogP contribution in [0.1, 0.15) is 55.9 Å². The van der Waals surface area contributed by atoms with E-state index in [1.54, 1.807) is 39.8 Å². The summed E-state index contributed by atoms with van der Waals surface area (Å²) in [6, 6.07) is 12.1. The van der Waals surface area contributed by atoms with E-state index in [1.165, 1.54) is 21.8 Å². The van der Waals surface area contributed by atoms with Crippen molar-refractivity contribution in [2.24, 2.45) is 11.7 Å². The lowest BCUT2D eigenvalue weighted by Crippen LogP contribution is -2.57. The Morgan fingerprint density at radius 1 is 1.19 bits per heavy atom. The minimum atomic E-state index is -0.797. The van der Waals surface area contributed by atoms with Gasteiger partial charge in [-0.25, -0.2) is 4.79 Å². The number of hydrogen-bond acceptors (Lipinski definition) is 6. The van der Waals surface area contributed by atoms with Crippen LogP contribution in [0.15, 0.2) is 42.5 Å². The van der Waals surface area contributed by atoms with Gasteiger partial charge in [0, 0.05) is 11.4 Å². The molecular weight excluding hydrogens is 490 g/mol. The van der Waals surface area contributed by atoms with Gasteiger partial charge in [-0.2, -0.15) is 0 Å². The van der Waals surface area contributed by atoms with Crippen LogP contribution in [0, 0.1) is 11.3 Å². The highest BCUT2D eigenvalue weighted by Crippen LogP contribution is 2.28. The van der Waals surface area contributed by atoms with Gasteiger partial charge in [0.25, 0.3) is 0 Å². The second-order valence-electron chi connectivity index (χ2n) is 10.4. The molecule has 37 heavy (non-hydrogen) atoms. The number of ether oxygens (including phenoxy) is 1. The van der Waals surface area contributed by atoms with Crippen LogP contribution in [0.4, 0.5) is 4.79 Å². The van der Waals surface area contributed by atoms with E-state index in [0.717, 1.165) is 17.7 Å². The van der Waals surface area contributed by atoms with Crippen molar-refractivity contribution in [3.8, 4) is 0 Å². The summed E-state index contributed by atoms with van der Waals surface area (Å²) in [6.07, 6.45) is 1.53. The van der Waals surface area contributed by atoms with Crippen LogP contribution in [0.2, 0.25) is 0 Å². The topological polar surface area (TPSA) is 138 Å². The molecule has 10 heteroatoms. The molecule has 1 aliphatic rings. The molecule has 1 aromatic carbocycles. The third kappa shape index (κ3) is 8.31. The van der Waals surface area contributed by atoms with Gasteiger partial charge in [-0.3, -0.25) is 19.9 Å². The molecule has 1 saturated heterocycles. The first-order valence-electron chi connectivity index (χ1n) is 12.5. The maximum Gasteiger partial charge on any atom is 0.410 e. The fourth-order valence-corrected chi connectivity index (χ4v) is 5.09. The summed E-state index contributed by atoms with van der Waals surface area (Å²) < 4.78 is 5.57. The molecular formula is C27H37N5O4S. The molecule has 1 aliphatic heterocycles. The normalized spacial score (nSPS) is 18.5. The predicted molar refractivity (Wildman–Crippen MR) is 144 cm³/mol. The van der Waals surface area contributed by atoms with Crippen molar-refractivity contribution in [2.45, 2.75) is 71.2 Å². The van der Waals surface area contributed by atoms with E-state index in [2.05, 4.69) is 22.8 Å². The summed E-state index contributed by atoms with van der Waals surface area (Å²) in [5.74, 6) is -0.515. The molecule has 3 atom stereocenters. The van der Waals surface area contributed by atoms with Crippen molar-refractivity contribution < 1.29 is 19.1 Å². The molecule has 2 heterocycles. The third-order valence-corrected chi connectivity index (χ3v) is 7.24. The van der Waals surface area contributed by atoms with Crippen LogP contribution in [0.5, 0.6) is 0 Å². The summed E-state index contributed by atoms with van der Waals surface area (Å²) in [5.41, 5.74) is 6.00. The Bertz CT molecular complexity index is 1110. The monoisotopic (exact) mass is 527 g/mol. The van der Waals surface area contributed by atoms with E-state index in [0.29, 0.717) is 17.8 Å². The lowest BCUT2D eigenvalue weighted by atomic mass is 9.85. The molecule has 0 saturated carbocycles. The molecule has 9 nitrogen and oxygen atoms in total. The molecule has 5 N–H and O–H groups in total. The van der Waals surface area contributed by atoms with Gasteiger partial charge >= 0.3 is 6.09 Å². The highest BCUT2D eigenvalue weighted by molar-refractivity contribution is 7.14. The van der Waals surface area contributed by atoms with Crippen molar-refractivity contribution in [3.63, 3.8) is 0 Å². The van der Waals surface area contributed by atoms with Gasteiger partial charge in [-0.1, -0.05) is 30.3 Å². The van der Waals surface area contributed by atoms with Crippen LogP contribution in [0.25, 0.3) is 0 Å². The number of nitrogens with two attached hydrogens (primary N) is 1. The van der Waals surface area contributed by atoms with Crippen molar-refractivity contribution in [1.82, 2.24) is 15.5 Å². The molecule has 1 aromatic heterocycles. The van der Waals surface area contributed by atoms with E-state index < -0.39 is 23.8 Å². The average Bonchev–Trinajstić information content (AvgIpc) is 3.31. The van der Waals surface area contributed by atoms with E-state index in [-0.39, 0.29) is 30.1 Å². The Morgan fingerprint density at radius 3 is 2.51 bits per heavy atom. The fourth-order valence-electron chi connectivity index (χ4n) is 4.28. The van der Waals surface area contributed by atoms with Crippen LogP contribution >= 0.6 is 11.3 Å². The number of thiophene rings is 1. The van der Waals surface area contributed by atoms with Gasteiger partial charge in [-0.05, 0) is 70.6 Å². The Labute approximate surface area is 222 Å². The van der Waals surface area contributed by atoms with E-state index in [9.17, 15) is 14.4 Å². The molecule has 1 fully saturated rings. The average molecular weight is 528 g/mol. The van der Waals surface area contributed by atoms with E-state index in [4.69, 9.17) is 15.9 Å². The predicted octanol–water partition coefficient (Wildman–Crippen LogP) is 3.41. The van der Waals surface area contributed by atoms with Crippen LogP contribution < -0.4 is 16.4 Å². The number of nitrogen functional groups attached to an aromatic ring is 1. The highest BCUT2D eigenvalue weighted by Gasteiger charge is 2.39. The van der Waals surface area contributed by atoms with Gasteiger partial charge in [0.1, 0.15) is 23.5 Å². The summed E-state index contributed by atoms with van der Waals surface area (Å²) in [7, 11) is 0. The molecule has 0 radical (unpaired) electrons. The first-order valence-corrected chi connectivity index (χ1v) is 13.3. The zero-order valence-electron chi connectivity index (χ0n) is 21.9. The Hall–Kier alpha value is -3.40. The first-order chi connectivity index (χ1) is 17.4. The van der Waals surface area contributed by atoms with Crippen LogP contribution in [-0.2, 0) is 27.3 Å². The number of nitrogens with one attached hydrogen (secondary N) is 3. The second-order valence-corrected chi connectivity index (χ2v) is 11.6. The Morgan fingerprint density at radius 2 is 1.89 bits per heavy atom. The molecule has 3 rings (SSSR count). The van der Waals surface area contributed by atoms with E-state index >= 15 is 0 Å². The standard InChI is InChI=1S/C27H37N5O4S/c1-17(24(33)30-16-20-10-11-22(37-20)23(28)29)31-25(34)21-15-19(14-18-8-6-5-7-9-18)12-13-32(21)26(35)36-27(2,3)4/h5-11,17,19,21H,12-16H2,1-4H3,(H3,28,29)(H,30,33)(H,31,34)/t17-,19+,21+/m0/s1. The molecule has 0 bridgehead atoms. The second kappa shape index (κ2) is 12.2. The van der Waals surface area contributed by atoms with Crippen LogP contribution in [0.3, 0.4) is 0 Å². The minimum absolute atomic E-state index is 0.0178. The zero-order chi connectivity index (χ0) is 27.2. The number of likely N-dealkylation sites (tertiary alicyclic amines) is 1. The number of carbonyl (C=O) groups is 3. The number of rotatable bonds is 8. The Kier molecular flexibility index (Phi) is 9.31. The minimum Gasteiger partial charge on any atom is -0.444 e. The van der Waals surface area contributed by atoms with Crippen molar-refractivity contribution in [1.29, 1.82) is 5.41 Å². The van der Waals surface area contributed by atoms with Crippen LogP contribution in [-0.4, -0.2) is 52.9 Å². The number of hydrogen-bond donors (Lipinski definition) is 4. The maximum atomic E-state index is 13.4. The van der Waals surface area contributed by atoms with Gasteiger partial charge < -0.3 is 21.1 Å². The third-order valence-electron chi connectivity index (χ3n) is 6.12. The number of amides is 3. The van der Waals surface area contributed by atoms with Gasteiger partial charge in [0.05, 0.1) is 11.4 Å². The molecule has 200 valence electrons. The Balaban J connectivity index is 1.64. The molecule has 0 aliphatic carbocycles. The first kappa shape index (κ1) is 28.2. The summed E-state index contributed by atoms with van der Waals surface area (Å²) in [4.78, 5) is 42.0. The lowest BCUT2D eigenvalue weighted by Gasteiger charge is -2.39. The number of carbonyl (C=O) groups excluding carboxylic acids is 3. The van der Waals surface area contributed by atoms with Gasteiger partial charge in [0.2, 0.25) is 11.8 Å². The lowest BCUT2D eigenvalue weighted by molar-refractivity contribution is -0.133. The number of benzene rings is 1. The summed E-state index contributed by atoms with van der Waals surface area (Å²) in [5, 5.41) is 13.1. The van der Waals surface area contributed by atoms with Crippen molar-refractivity contribution in [2.75, 3.05) is 6.54 Å². The number of piperidine rings is 1. The van der Waals surface area contributed by atoms with Gasteiger partial charge in [0.15, 0.2) is 0 Å². The van der Waals surface area contributed by atoms with Crippen molar-refractivity contribution >= 4 is 35.1 Å². The SMILES string of the molecule is C[C@H](NC(=O)[C@H]1C[C@@H](Cc2ccccc2)CCN1C(=O)OC(C)(C)C)C(=O)NCc1ccc(C(=N)N)s1. The number of amidine groups is 1. The largest absolute Gasteiger partial charge is 0.444 e.